The summed E-state index contributed by atoms with van der Waals surface area (Å²) in [6.07, 6.45) is 6.12. The van der Waals surface area contributed by atoms with Gasteiger partial charge in [-0.1, -0.05) is 26.8 Å². The second-order valence-corrected chi connectivity index (χ2v) is 10.6. The Balaban J connectivity index is 1.90. The minimum absolute atomic E-state index is 0.0764. The number of benzene rings is 1. The van der Waals surface area contributed by atoms with Crippen molar-refractivity contribution in [1.82, 2.24) is 19.9 Å². The first-order chi connectivity index (χ1) is 16.2. The quantitative estimate of drug-likeness (QED) is 0.416. The van der Waals surface area contributed by atoms with Gasteiger partial charge >= 0.3 is 0 Å². The van der Waals surface area contributed by atoms with Crippen molar-refractivity contribution >= 4 is 38.1 Å². The van der Waals surface area contributed by atoms with E-state index < -0.39 is 10.0 Å². The Morgan fingerprint density at radius 3 is 2.50 bits per heavy atom. The molecule has 4 rings (SSSR count). The van der Waals surface area contributed by atoms with Gasteiger partial charge in [0.1, 0.15) is 12.0 Å². The van der Waals surface area contributed by atoms with E-state index in [-0.39, 0.29) is 16.1 Å². The van der Waals surface area contributed by atoms with E-state index in [9.17, 15) is 8.42 Å². The van der Waals surface area contributed by atoms with Crippen LogP contribution < -0.4 is 14.4 Å². The van der Waals surface area contributed by atoms with E-state index in [0.29, 0.717) is 23.9 Å². The smallest absolute Gasteiger partial charge is 0.270 e. The number of fused-ring (bicyclic) bond motifs is 1. The summed E-state index contributed by atoms with van der Waals surface area (Å²) in [7, 11) is -2.58. The van der Waals surface area contributed by atoms with E-state index in [0.717, 1.165) is 10.8 Å². The summed E-state index contributed by atoms with van der Waals surface area (Å²) in [6, 6.07) is 11.5. The fourth-order valence-electron chi connectivity index (χ4n) is 3.30. The van der Waals surface area contributed by atoms with Crippen molar-refractivity contribution in [2.24, 2.45) is 5.41 Å². The predicted octanol–water partition coefficient (Wildman–Crippen LogP) is 4.41. The molecule has 0 amide bonds. The number of anilines is 3. The summed E-state index contributed by atoms with van der Waals surface area (Å²) in [5, 5.41) is 4.89. The number of ether oxygens (including phenoxy) is 1. The van der Waals surface area contributed by atoms with Gasteiger partial charge in [-0.05, 0) is 35.1 Å². The van der Waals surface area contributed by atoms with Crippen LogP contribution in [0.25, 0.3) is 10.8 Å². The van der Waals surface area contributed by atoms with Crippen LogP contribution in [0.2, 0.25) is 0 Å². The fourth-order valence-corrected chi connectivity index (χ4v) is 4.78. The number of methoxy groups -OCH3 is 1. The molecule has 1 N–H and O–H groups in total. The molecule has 0 unspecified atom stereocenters. The Morgan fingerprint density at radius 2 is 1.79 bits per heavy atom. The molecule has 0 aliphatic carbocycles. The molecule has 0 bridgehead atoms. The maximum absolute atomic E-state index is 14.0. The normalized spacial score (nSPS) is 11.9. The van der Waals surface area contributed by atoms with Gasteiger partial charge in [0, 0.05) is 42.7 Å². The third kappa shape index (κ3) is 4.91. The number of sulfonamides is 1. The van der Waals surface area contributed by atoms with Crippen molar-refractivity contribution in [2.45, 2.75) is 25.7 Å². The summed E-state index contributed by atoms with van der Waals surface area (Å²) in [5.41, 5.74) is 0.242. The molecule has 0 aliphatic rings. The zero-order valence-corrected chi connectivity index (χ0v) is 20.2. The lowest BCUT2D eigenvalue weighted by atomic mass is 9.97. The lowest BCUT2D eigenvalue weighted by molar-refractivity contribution is 0.397. The topological polar surface area (TPSA) is 110 Å². The summed E-state index contributed by atoms with van der Waals surface area (Å²) < 4.78 is 34.6. The maximum atomic E-state index is 14.0. The highest BCUT2D eigenvalue weighted by Crippen LogP contribution is 2.37. The largest absolute Gasteiger partial charge is 0.481 e. The minimum atomic E-state index is -4.09. The average Bonchev–Trinajstić information content (AvgIpc) is 2.83. The number of nitrogens with zero attached hydrogens (tertiary/aromatic N) is 5. The van der Waals surface area contributed by atoms with Gasteiger partial charge in [-0.15, -0.1) is 0 Å². The van der Waals surface area contributed by atoms with Crippen LogP contribution in [-0.4, -0.2) is 42.0 Å². The molecule has 3 heterocycles. The van der Waals surface area contributed by atoms with Gasteiger partial charge in [0.2, 0.25) is 5.88 Å². The van der Waals surface area contributed by atoms with Crippen molar-refractivity contribution < 1.29 is 13.2 Å². The maximum Gasteiger partial charge on any atom is 0.270 e. The number of nitrogens with one attached hydrogen (secondary N) is 1. The molecule has 10 heteroatoms. The Hall–Kier alpha value is -3.79. The van der Waals surface area contributed by atoms with Crippen LogP contribution in [0, 0.1) is 5.41 Å². The predicted molar refractivity (Wildman–Crippen MR) is 132 cm³/mol. The number of hydrogen-bond acceptors (Lipinski definition) is 8. The molecule has 176 valence electrons. The highest BCUT2D eigenvalue weighted by molar-refractivity contribution is 7.93. The third-order valence-electron chi connectivity index (χ3n) is 4.99. The molecular formula is C24H26N6O3S. The molecule has 0 saturated carbocycles. The number of aromatic nitrogens is 4. The Kier molecular flexibility index (Phi) is 6.34. The van der Waals surface area contributed by atoms with E-state index in [1.807, 2.05) is 0 Å². The monoisotopic (exact) mass is 478 g/mol. The standard InChI is InChI=1S/C24H26N6O3S/c1-24(2,3)15-27-23-20(7-8-22(29-23)33-4)30(21-10-12-26-16-28-21)34(31,32)19-6-5-18-14-25-11-9-17(18)13-19/h5-14,16H,15H2,1-4H3,(H,27,29). The van der Waals surface area contributed by atoms with Gasteiger partial charge in [0.25, 0.3) is 10.0 Å². The molecule has 0 spiro atoms. The molecule has 1 aromatic carbocycles. The molecule has 0 saturated heterocycles. The second kappa shape index (κ2) is 9.22. The van der Waals surface area contributed by atoms with Crippen LogP contribution in [0.1, 0.15) is 20.8 Å². The molecule has 4 aromatic rings. The number of pyridine rings is 2. The van der Waals surface area contributed by atoms with E-state index >= 15 is 0 Å². The summed E-state index contributed by atoms with van der Waals surface area (Å²) in [5.74, 6) is 0.912. The van der Waals surface area contributed by atoms with Crippen LogP contribution in [0.5, 0.6) is 5.88 Å². The molecule has 0 aliphatic heterocycles. The highest BCUT2D eigenvalue weighted by Gasteiger charge is 2.31. The van der Waals surface area contributed by atoms with Gasteiger partial charge in [-0.3, -0.25) is 4.98 Å². The van der Waals surface area contributed by atoms with Crippen molar-refractivity contribution in [3.8, 4) is 5.88 Å². The highest BCUT2D eigenvalue weighted by atomic mass is 32.2. The number of hydrogen-bond donors (Lipinski definition) is 1. The van der Waals surface area contributed by atoms with Crippen LogP contribution in [-0.2, 0) is 10.0 Å². The Labute approximate surface area is 198 Å². The van der Waals surface area contributed by atoms with Crippen LogP contribution in [0.3, 0.4) is 0 Å². The van der Waals surface area contributed by atoms with Gasteiger partial charge in [-0.25, -0.2) is 22.7 Å². The molecule has 0 radical (unpaired) electrons. The van der Waals surface area contributed by atoms with Gasteiger partial charge in [0.05, 0.1) is 12.0 Å². The Morgan fingerprint density at radius 1 is 1.00 bits per heavy atom. The molecule has 3 aromatic heterocycles. The number of rotatable bonds is 7. The molecule has 34 heavy (non-hydrogen) atoms. The van der Waals surface area contributed by atoms with E-state index in [1.54, 1.807) is 54.9 Å². The van der Waals surface area contributed by atoms with E-state index in [1.165, 1.54) is 23.9 Å². The fraction of sp³-hybridized carbons (Fsp3) is 0.250. The van der Waals surface area contributed by atoms with Crippen LogP contribution in [0.4, 0.5) is 17.3 Å². The first-order valence-corrected chi connectivity index (χ1v) is 12.1. The second-order valence-electron chi connectivity index (χ2n) is 8.86. The van der Waals surface area contributed by atoms with Crippen molar-refractivity contribution in [2.75, 3.05) is 23.3 Å². The molecular weight excluding hydrogens is 452 g/mol. The summed E-state index contributed by atoms with van der Waals surface area (Å²) >= 11 is 0. The van der Waals surface area contributed by atoms with Gasteiger partial charge < -0.3 is 10.1 Å². The van der Waals surface area contributed by atoms with Crippen molar-refractivity contribution in [3.63, 3.8) is 0 Å². The Bertz CT molecular complexity index is 1410. The van der Waals surface area contributed by atoms with Gasteiger partial charge in [-0.2, -0.15) is 4.98 Å². The summed E-state index contributed by atoms with van der Waals surface area (Å²) in [6.45, 7) is 6.77. The zero-order valence-electron chi connectivity index (χ0n) is 19.4. The lowest BCUT2D eigenvalue weighted by Crippen LogP contribution is -2.29. The van der Waals surface area contributed by atoms with E-state index in [4.69, 9.17) is 4.74 Å². The molecule has 0 atom stereocenters. The van der Waals surface area contributed by atoms with Crippen molar-refractivity contribution in [1.29, 1.82) is 0 Å². The average molecular weight is 479 g/mol. The first-order valence-electron chi connectivity index (χ1n) is 10.6. The molecule has 0 fully saturated rings. The van der Waals surface area contributed by atoms with Crippen molar-refractivity contribution in [3.05, 3.63) is 67.4 Å². The SMILES string of the molecule is COc1ccc(N(c2ccncn2)S(=O)(=O)c2ccc3cnccc3c2)c(NCC(C)(C)C)n1. The third-order valence-corrected chi connectivity index (χ3v) is 6.70. The van der Waals surface area contributed by atoms with Crippen LogP contribution in [0.15, 0.2) is 72.3 Å². The lowest BCUT2D eigenvalue weighted by Gasteiger charge is -2.27. The first kappa shape index (κ1) is 23.4. The summed E-state index contributed by atoms with van der Waals surface area (Å²) in [4.78, 5) is 16.9. The zero-order chi connectivity index (χ0) is 24.3. The van der Waals surface area contributed by atoms with Crippen LogP contribution >= 0.6 is 0 Å². The van der Waals surface area contributed by atoms with E-state index in [2.05, 4.69) is 46.0 Å². The van der Waals surface area contributed by atoms with Gasteiger partial charge in [0.15, 0.2) is 11.6 Å². The minimum Gasteiger partial charge on any atom is -0.481 e. The molecule has 9 nitrogen and oxygen atoms in total.